The molecule has 0 radical (unpaired) electrons. The molecule has 2 aromatic heterocycles. The summed E-state index contributed by atoms with van der Waals surface area (Å²) in [5.74, 6) is -0.620. The molecule has 172 valence electrons. The van der Waals surface area contributed by atoms with Crippen LogP contribution in [0.25, 0.3) is 11.2 Å². The first-order valence-corrected chi connectivity index (χ1v) is 10.0. The van der Waals surface area contributed by atoms with E-state index in [0.29, 0.717) is 19.2 Å². The molecule has 4 rings (SSSR count). The van der Waals surface area contributed by atoms with E-state index < -0.39 is 35.4 Å². The smallest absolute Gasteiger partial charge is 0.341 e. The first-order valence-electron chi connectivity index (χ1n) is 10.0. The van der Waals surface area contributed by atoms with E-state index in [1.54, 1.807) is 4.90 Å². The summed E-state index contributed by atoms with van der Waals surface area (Å²) in [6.45, 7) is 0.449. The summed E-state index contributed by atoms with van der Waals surface area (Å²) in [4.78, 5) is 31.6. The Balaban J connectivity index is 2.00. The fourth-order valence-corrected chi connectivity index (χ4v) is 4.16. The number of fused-ring (bicyclic) bond motifs is 1. The predicted octanol–water partition coefficient (Wildman–Crippen LogP) is 1.57. The number of nitrogens with two attached hydrogens (primary N) is 1. The molecule has 1 fully saturated rings. The van der Waals surface area contributed by atoms with Gasteiger partial charge in [-0.3, -0.25) is 18.5 Å². The van der Waals surface area contributed by atoms with E-state index in [1.165, 1.54) is 18.7 Å². The van der Waals surface area contributed by atoms with Gasteiger partial charge in [-0.25, -0.2) is 9.18 Å². The molecule has 1 aliphatic rings. The van der Waals surface area contributed by atoms with Crippen molar-refractivity contribution in [1.82, 2.24) is 18.7 Å². The van der Waals surface area contributed by atoms with E-state index in [0.717, 1.165) is 34.1 Å². The highest BCUT2D eigenvalue weighted by Crippen LogP contribution is 2.34. The van der Waals surface area contributed by atoms with Gasteiger partial charge in [0.1, 0.15) is 5.82 Å². The Morgan fingerprint density at radius 2 is 1.91 bits per heavy atom. The Morgan fingerprint density at radius 3 is 2.56 bits per heavy atom. The zero-order valence-electron chi connectivity index (χ0n) is 17.5. The van der Waals surface area contributed by atoms with Crippen LogP contribution >= 0.6 is 0 Å². The highest BCUT2D eigenvalue weighted by molar-refractivity contribution is 5.75. The number of benzene rings is 1. The van der Waals surface area contributed by atoms with Crippen LogP contribution in [0, 0.1) is 5.82 Å². The van der Waals surface area contributed by atoms with Gasteiger partial charge in [0.05, 0.1) is 12.1 Å². The van der Waals surface area contributed by atoms with Crippen LogP contribution in [0.5, 0.6) is 0 Å². The first kappa shape index (κ1) is 22.1. The van der Waals surface area contributed by atoms with Gasteiger partial charge in [0, 0.05) is 33.2 Å². The average molecular weight is 454 g/mol. The van der Waals surface area contributed by atoms with E-state index in [-0.39, 0.29) is 28.7 Å². The number of nitrogens with zero attached hydrogens (tertiary/aromatic N) is 5. The molecule has 1 atom stereocenters. The van der Waals surface area contributed by atoms with Crippen molar-refractivity contribution in [2.24, 2.45) is 19.8 Å². The molecule has 1 aliphatic heterocycles. The number of hydrogen-bond acceptors (Lipinski definition) is 5. The number of rotatable bonds is 3. The van der Waals surface area contributed by atoms with Gasteiger partial charge in [-0.15, -0.1) is 0 Å². The molecule has 0 aliphatic carbocycles. The Kier molecular flexibility index (Phi) is 5.35. The van der Waals surface area contributed by atoms with Crippen LogP contribution in [0.3, 0.4) is 0 Å². The van der Waals surface area contributed by atoms with E-state index in [4.69, 9.17) is 5.73 Å². The summed E-state index contributed by atoms with van der Waals surface area (Å²) in [6, 6.07) is 2.04. The van der Waals surface area contributed by atoms with Gasteiger partial charge in [-0.1, -0.05) is 0 Å². The molecule has 1 aromatic carbocycles. The fraction of sp³-hybridized carbons (Fsp3) is 0.450. The Hall–Kier alpha value is -3.15. The maximum Gasteiger partial charge on any atom is 0.416 e. The number of imidazole rings is 1. The second kappa shape index (κ2) is 7.76. The molecular weight excluding hydrogens is 432 g/mol. The van der Waals surface area contributed by atoms with Crippen LogP contribution in [0.15, 0.2) is 27.8 Å². The maximum atomic E-state index is 13.9. The summed E-state index contributed by atoms with van der Waals surface area (Å²) in [6.07, 6.45) is -3.21. The molecule has 8 nitrogen and oxygen atoms in total. The van der Waals surface area contributed by atoms with E-state index in [2.05, 4.69) is 4.98 Å². The summed E-state index contributed by atoms with van der Waals surface area (Å²) >= 11 is 0. The van der Waals surface area contributed by atoms with Crippen molar-refractivity contribution < 1.29 is 17.6 Å². The van der Waals surface area contributed by atoms with Gasteiger partial charge in [-0.05, 0) is 36.6 Å². The van der Waals surface area contributed by atoms with Crippen molar-refractivity contribution in [3.8, 4) is 0 Å². The predicted molar refractivity (Wildman–Crippen MR) is 110 cm³/mol. The molecule has 0 saturated carbocycles. The monoisotopic (exact) mass is 454 g/mol. The van der Waals surface area contributed by atoms with E-state index in [1.807, 2.05) is 0 Å². The van der Waals surface area contributed by atoms with Crippen LogP contribution < -0.4 is 21.9 Å². The molecule has 1 unspecified atom stereocenters. The third kappa shape index (κ3) is 3.68. The molecule has 32 heavy (non-hydrogen) atoms. The zero-order valence-corrected chi connectivity index (χ0v) is 17.5. The highest BCUT2D eigenvalue weighted by Gasteiger charge is 2.34. The van der Waals surface area contributed by atoms with Crippen molar-refractivity contribution in [2.45, 2.75) is 31.6 Å². The molecule has 3 heterocycles. The third-order valence-corrected chi connectivity index (χ3v) is 5.77. The number of anilines is 1. The minimum absolute atomic E-state index is 0.0391. The van der Waals surface area contributed by atoms with Gasteiger partial charge in [-0.2, -0.15) is 18.2 Å². The molecular formula is C20H22F4N6O2. The van der Waals surface area contributed by atoms with Crippen LogP contribution in [0.1, 0.15) is 24.0 Å². The lowest BCUT2D eigenvalue weighted by Crippen LogP contribution is -2.44. The molecule has 0 amide bonds. The summed E-state index contributed by atoms with van der Waals surface area (Å²) in [5, 5.41) is 0. The van der Waals surface area contributed by atoms with Crippen molar-refractivity contribution in [1.29, 1.82) is 0 Å². The van der Waals surface area contributed by atoms with Crippen molar-refractivity contribution in [2.75, 3.05) is 18.0 Å². The molecule has 0 bridgehead atoms. The summed E-state index contributed by atoms with van der Waals surface area (Å²) in [5.41, 5.74) is 3.39. The van der Waals surface area contributed by atoms with E-state index >= 15 is 0 Å². The van der Waals surface area contributed by atoms with Gasteiger partial charge >= 0.3 is 11.9 Å². The topological polar surface area (TPSA) is 91.1 Å². The van der Waals surface area contributed by atoms with E-state index in [9.17, 15) is 27.2 Å². The number of aryl methyl sites for hydroxylation is 1. The summed E-state index contributed by atoms with van der Waals surface area (Å²) in [7, 11) is 2.71. The van der Waals surface area contributed by atoms with Crippen molar-refractivity contribution >= 4 is 17.1 Å². The molecule has 3 aromatic rings. The lowest BCUT2D eigenvalue weighted by Gasteiger charge is -2.32. The number of alkyl halides is 3. The average Bonchev–Trinajstić information content (AvgIpc) is 3.09. The highest BCUT2D eigenvalue weighted by atomic mass is 19.4. The Bertz CT molecular complexity index is 1310. The van der Waals surface area contributed by atoms with Crippen molar-refractivity contribution in [3.63, 3.8) is 0 Å². The van der Waals surface area contributed by atoms with Gasteiger partial charge in [0.15, 0.2) is 11.2 Å². The molecule has 0 spiro atoms. The van der Waals surface area contributed by atoms with Crippen LogP contribution in [-0.2, 0) is 26.8 Å². The number of piperidine rings is 1. The number of hydrogen-bond donors (Lipinski definition) is 1. The standard InChI is InChI=1S/C20H22F4N6O2/c1-27-16-15(17(31)28(2)19(27)32)30(18(26-16)29-7-3-4-13(25)10-29)9-11-8-12(21)5-6-14(11)20(22,23)24/h5-6,8,13H,3-4,7,9-10,25H2,1-2H3. The molecule has 1 saturated heterocycles. The Labute approximate surface area is 179 Å². The minimum Gasteiger partial charge on any atom is -0.341 e. The van der Waals surface area contributed by atoms with Gasteiger partial charge in [0.25, 0.3) is 5.56 Å². The largest absolute Gasteiger partial charge is 0.416 e. The van der Waals surface area contributed by atoms with Crippen LogP contribution in [0.4, 0.5) is 23.5 Å². The molecule has 2 N–H and O–H groups in total. The number of halogens is 4. The number of aromatic nitrogens is 4. The summed E-state index contributed by atoms with van der Waals surface area (Å²) < 4.78 is 58.1. The van der Waals surface area contributed by atoms with Crippen LogP contribution in [0.2, 0.25) is 0 Å². The minimum atomic E-state index is -4.72. The second-order valence-corrected chi connectivity index (χ2v) is 8.02. The van der Waals surface area contributed by atoms with Gasteiger partial charge < -0.3 is 10.6 Å². The van der Waals surface area contributed by atoms with Gasteiger partial charge in [0.2, 0.25) is 5.95 Å². The quantitative estimate of drug-likeness (QED) is 0.607. The fourth-order valence-electron chi connectivity index (χ4n) is 4.16. The maximum absolute atomic E-state index is 13.9. The normalized spacial score (nSPS) is 17.3. The first-order chi connectivity index (χ1) is 15.0. The lowest BCUT2D eigenvalue weighted by molar-refractivity contribution is -0.138. The lowest BCUT2D eigenvalue weighted by atomic mass is 10.1. The third-order valence-electron chi connectivity index (χ3n) is 5.77. The second-order valence-electron chi connectivity index (χ2n) is 8.02. The SMILES string of the molecule is Cn1c(=O)c2c(nc(N3CCCC(N)C3)n2Cc2cc(F)ccc2C(F)(F)F)n(C)c1=O. The Morgan fingerprint density at radius 1 is 1.19 bits per heavy atom. The molecule has 12 heteroatoms. The van der Waals surface area contributed by atoms with Crippen molar-refractivity contribution in [3.05, 3.63) is 56.0 Å². The zero-order chi connectivity index (χ0) is 23.4. The van der Waals surface area contributed by atoms with Crippen LogP contribution in [-0.4, -0.2) is 37.8 Å².